The average Bonchev–Trinajstić information content (AvgIpc) is 3.09. The second-order valence-corrected chi connectivity index (χ2v) is 11.9. The highest BCUT2D eigenvalue weighted by atomic mass is 32.2. The van der Waals surface area contributed by atoms with Crippen LogP contribution in [0.4, 0.5) is 0 Å². The van der Waals surface area contributed by atoms with Gasteiger partial charge in [-0.1, -0.05) is 12.8 Å². The van der Waals surface area contributed by atoms with Crippen LogP contribution in [0.3, 0.4) is 0 Å². The van der Waals surface area contributed by atoms with Crippen molar-refractivity contribution in [2.75, 3.05) is 19.6 Å². The fourth-order valence-corrected chi connectivity index (χ4v) is 5.95. The molecule has 1 aromatic heterocycles. The molecule has 1 saturated carbocycles. The van der Waals surface area contributed by atoms with E-state index in [1.807, 2.05) is 11.9 Å². The molecule has 0 bridgehead atoms. The smallest absolute Gasteiger partial charge is 0.226 e. The summed E-state index contributed by atoms with van der Waals surface area (Å²) in [4.78, 5) is 6.77. The Labute approximate surface area is 166 Å². The van der Waals surface area contributed by atoms with Crippen LogP contribution in [-0.2, 0) is 26.2 Å². The summed E-state index contributed by atoms with van der Waals surface area (Å²) >= 11 is 0. The van der Waals surface area contributed by atoms with Crippen molar-refractivity contribution < 1.29 is 21.3 Å². The van der Waals surface area contributed by atoms with Gasteiger partial charge >= 0.3 is 0 Å². The van der Waals surface area contributed by atoms with Gasteiger partial charge in [0.25, 0.3) is 0 Å². The zero-order valence-corrected chi connectivity index (χ0v) is 18.0. The van der Waals surface area contributed by atoms with Crippen molar-refractivity contribution >= 4 is 19.7 Å². The van der Waals surface area contributed by atoms with Gasteiger partial charge in [0.2, 0.25) is 5.89 Å². The normalized spacial score (nSPS) is 21.1. The predicted octanol–water partition coefficient (Wildman–Crippen LogP) is 2.53. The molecular formula is C19H26N2O5S2. The highest BCUT2D eigenvalue weighted by Crippen LogP contribution is 2.29. The zero-order chi connectivity index (χ0) is 20.5. The third kappa shape index (κ3) is 4.82. The first-order chi connectivity index (χ1) is 13.1. The minimum absolute atomic E-state index is 0.0297. The van der Waals surface area contributed by atoms with Gasteiger partial charge in [-0.2, -0.15) is 0 Å². The summed E-state index contributed by atoms with van der Waals surface area (Å²) in [5, 5.41) is -0.346. The average molecular weight is 427 g/mol. The highest BCUT2D eigenvalue weighted by Gasteiger charge is 2.35. The van der Waals surface area contributed by atoms with Gasteiger partial charge in [0.15, 0.2) is 19.7 Å². The molecule has 0 N–H and O–H groups in total. The maximum atomic E-state index is 12.1. The van der Waals surface area contributed by atoms with Crippen molar-refractivity contribution in [2.45, 2.75) is 48.4 Å². The van der Waals surface area contributed by atoms with Gasteiger partial charge < -0.3 is 4.42 Å². The monoisotopic (exact) mass is 426 g/mol. The standard InChI is InChI=1S/C19H26N2O5S2/c1-21(17-6-4-5-7-18(17)28(3,24)25)12-15-13-26-19(20-15)14-8-10-16(11-9-14)27(2,22)23/h8-11,13,17-18H,4-7,12H2,1-3H3/t17-,18+/m1/s1. The van der Waals surface area contributed by atoms with Crippen LogP contribution in [0.15, 0.2) is 39.8 Å². The molecule has 0 spiro atoms. The Hall–Kier alpha value is -1.71. The van der Waals surface area contributed by atoms with E-state index in [9.17, 15) is 16.8 Å². The molecule has 0 unspecified atom stereocenters. The Morgan fingerprint density at radius 3 is 2.32 bits per heavy atom. The first-order valence-electron chi connectivity index (χ1n) is 9.20. The Bertz CT molecular complexity index is 1030. The summed E-state index contributed by atoms with van der Waals surface area (Å²) in [6.07, 6.45) is 7.57. The number of benzene rings is 1. The van der Waals surface area contributed by atoms with E-state index < -0.39 is 19.7 Å². The first-order valence-corrected chi connectivity index (χ1v) is 13.0. The summed E-state index contributed by atoms with van der Waals surface area (Å²) in [7, 11) is -4.43. The van der Waals surface area contributed by atoms with E-state index in [0.717, 1.165) is 25.5 Å². The Balaban J connectivity index is 1.73. The molecule has 1 aromatic carbocycles. The van der Waals surface area contributed by atoms with Crippen LogP contribution in [0.2, 0.25) is 0 Å². The van der Waals surface area contributed by atoms with E-state index in [0.29, 0.717) is 30.1 Å². The van der Waals surface area contributed by atoms with Crippen molar-refractivity contribution in [2.24, 2.45) is 0 Å². The lowest BCUT2D eigenvalue weighted by atomic mass is 9.94. The van der Waals surface area contributed by atoms with E-state index in [2.05, 4.69) is 4.98 Å². The SMILES string of the molecule is CN(Cc1coc(-c2ccc(S(C)(=O)=O)cc2)n1)[C@@H]1CCCC[C@@H]1S(C)(=O)=O. The van der Waals surface area contributed by atoms with E-state index in [1.54, 1.807) is 18.4 Å². The number of hydrogen-bond acceptors (Lipinski definition) is 7. The molecule has 9 heteroatoms. The first kappa shape index (κ1) is 21.0. The number of oxazole rings is 1. The van der Waals surface area contributed by atoms with Gasteiger partial charge in [0.05, 0.1) is 15.8 Å². The van der Waals surface area contributed by atoms with Gasteiger partial charge in [0.1, 0.15) is 6.26 Å². The maximum absolute atomic E-state index is 12.1. The van der Waals surface area contributed by atoms with Gasteiger partial charge in [-0.3, -0.25) is 4.90 Å². The number of nitrogens with zero attached hydrogens (tertiary/aromatic N) is 2. The molecule has 3 rings (SSSR count). The number of hydrogen-bond donors (Lipinski definition) is 0. The van der Waals surface area contributed by atoms with Crippen molar-refractivity contribution in [3.63, 3.8) is 0 Å². The number of rotatable bonds is 6. The highest BCUT2D eigenvalue weighted by molar-refractivity contribution is 7.91. The Morgan fingerprint density at radius 2 is 1.71 bits per heavy atom. The molecule has 1 aliphatic rings. The van der Waals surface area contributed by atoms with Gasteiger partial charge in [-0.15, -0.1) is 0 Å². The van der Waals surface area contributed by atoms with Crippen LogP contribution in [0, 0.1) is 0 Å². The molecule has 154 valence electrons. The predicted molar refractivity (Wildman–Crippen MR) is 107 cm³/mol. The second-order valence-electron chi connectivity index (χ2n) is 7.58. The molecule has 0 saturated heterocycles. The van der Waals surface area contributed by atoms with Crippen molar-refractivity contribution in [3.05, 3.63) is 36.2 Å². The maximum Gasteiger partial charge on any atom is 0.226 e. The molecule has 28 heavy (non-hydrogen) atoms. The van der Waals surface area contributed by atoms with Gasteiger partial charge in [-0.25, -0.2) is 21.8 Å². The third-order valence-corrected chi connectivity index (χ3v) is 8.05. The topological polar surface area (TPSA) is 97.6 Å². The van der Waals surface area contributed by atoms with Crippen LogP contribution in [0.25, 0.3) is 11.5 Å². The molecule has 1 aliphatic carbocycles. The molecule has 2 atom stereocenters. The third-order valence-electron chi connectivity index (χ3n) is 5.28. The fraction of sp³-hybridized carbons (Fsp3) is 0.526. The molecular weight excluding hydrogens is 400 g/mol. The second kappa shape index (κ2) is 7.96. The summed E-state index contributed by atoms with van der Waals surface area (Å²) in [5.74, 6) is 0.409. The quantitative estimate of drug-likeness (QED) is 0.700. The summed E-state index contributed by atoms with van der Waals surface area (Å²) in [6, 6.07) is 6.35. The minimum atomic E-state index is -3.25. The lowest BCUT2D eigenvalue weighted by Crippen LogP contribution is -2.46. The van der Waals surface area contributed by atoms with Crippen molar-refractivity contribution in [1.82, 2.24) is 9.88 Å². The zero-order valence-electron chi connectivity index (χ0n) is 16.3. The molecule has 7 nitrogen and oxygen atoms in total. The van der Waals surface area contributed by atoms with Crippen LogP contribution >= 0.6 is 0 Å². The number of aromatic nitrogens is 1. The van der Waals surface area contributed by atoms with E-state index in [-0.39, 0.29) is 16.2 Å². The van der Waals surface area contributed by atoms with Gasteiger partial charge in [-0.05, 0) is 44.2 Å². The van der Waals surface area contributed by atoms with E-state index in [4.69, 9.17) is 4.42 Å². The molecule has 0 aliphatic heterocycles. The molecule has 0 amide bonds. The summed E-state index contributed by atoms with van der Waals surface area (Å²) in [6.45, 7) is 0.488. The van der Waals surface area contributed by atoms with Gasteiger partial charge in [0, 0.05) is 30.7 Å². The minimum Gasteiger partial charge on any atom is -0.444 e. The van der Waals surface area contributed by atoms with Crippen molar-refractivity contribution in [3.8, 4) is 11.5 Å². The number of sulfone groups is 2. The summed E-state index contributed by atoms with van der Waals surface area (Å²) < 4.78 is 53.0. The van der Waals surface area contributed by atoms with E-state index >= 15 is 0 Å². The van der Waals surface area contributed by atoms with Crippen LogP contribution in [-0.4, -0.2) is 57.6 Å². The lowest BCUT2D eigenvalue weighted by Gasteiger charge is -2.36. The molecule has 0 radical (unpaired) electrons. The summed E-state index contributed by atoms with van der Waals surface area (Å²) in [5.41, 5.74) is 1.40. The van der Waals surface area contributed by atoms with Crippen molar-refractivity contribution in [1.29, 1.82) is 0 Å². The van der Waals surface area contributed by atoms with Crippen LogP contribution < -0.4 is 0 Å². The largest absolute Gasteiger partial charge is 0.444 e. The fourth-order valence-electron chi connectivity index (χ4n) is 3.81. The Kier molecular flexibility index (Phi) is 5.97. The van der Waals surface area contributed by atoms with Crippen LogP contribution in [0.5, 0.6) is 0 Å². The van der Waals surface area contributed by atoms with Crippen LogP contribution in [0.1, 0.15) is 31.4 Å². The molecule has 1 heterocycles. The molecule has 2 aromatic rings. The van der Waals surface area contributed by atoms with E-state index in [1.165, 1.54) is 18.4 Å². The lowest BCUT2D eigenvalue weighted by molar-refractivity contribution is 0.185. The Morgan fingerprint density at radius 1 is 1.07 bits per heavy atom. The molecule has 1 fully saturated rings.